The zero-order chi connectivity index (χ0) is 28.4. The van der Waals surface area contributed by atoms with Gasteiger partial charge in [-0.3, -0.25) is 14.8 Å². The molecule has 5 rings (SSSR count). The predicted octanol–water partition coefficient (Wildman–Crippen LogP) is 4.21. The highest BCUT2D eigenvalue weighted by Gasteiger charge is 2.14. The number of hydrogen-bond donors (Lipinski definition) is 4. The van der Waals surface area contributed by atoms with E-state index in [2.05, 4.69) is 35.1 Å². The van der Waals surface area contributed by atoms with Gasteiger partial charge < -0.3 is 25.9 Å². The van der Waals surface area contributed by atoms with Crippen molar-refractivity contribution < 1.29 is 9.18 Å². The van der Waals surface area contributed by atoms with Crippen LogP contribution in [0.1, 0.15) is 34.3 Å². The number of aromatic nitrogens is 5. The minimum Gasteiger partial charge on any atom is -0.397 e. The van der Waals surface area contributed by atoms with E-state index >= 15 is 0 Å². The first-order chi connectivity index (χ1) is 20.0. The van der Waals surface area contributed by atoms with Gasteiger partial charge in [0.05, 0.1) is 34.6 Å². The summed E-state index contributed by atoms with van der Waals surface area (Å²) in [5.74, 6) is 0.771. The first-order valence-electron chi connectivity index (χ1n) is 13.5. The number of benzene rings is 2. The number of para-hydroxylation sites is 4. The van der Waals surface area contributed by atoms with Gasteiger partial charge in [-0.05, 0) is 42.8 Å². The zero-order valence-electron chi connectivity index (χ0n) is 22.6. The SMILES string of the molecule is Nc1ccccc1/N=C/CCN(CCc1nc(C(=O)NCc2ncccc2F)c[nH]1)CCc1nc2ccccc2[nH]1. The maximum Gasteiger partial charge on any atom is 0.271 e. The van der Waals surface area contributed by atoms with Gasteiger partial charge in [-0.2, -0.15) is 0 Å². The third-order valence-corrected chi connectivity index (χ3v) is 6.62. The number of aliphatic imine (C=N–C) groups is 1. The molecule has 0 aliphatic carbocycles. The minimum absolute atomic E-state index is 0.0144. The van der Waals surface area contributed by atoms with Crippen LogP contribution in [-0.4, -0.2) is 61.6 Å². The van der Waals surface area contributed by atoms with E-state index in [1.54, 1.807) is 6.20 Å². The molecule has 3 heterocycles. The molecule has 11 heteroatoms. The third-order valence-electron chi connectivity index (χ3n) is 6.62. The van der Waals surface area contributed by atoms with E-state index in [0.29, 0.717) is 17.9 Å². The van der Waals surface area contributed by atoms with E-state index in [1.807, 2.05) is 54.7 Å². The molecular formula is C30H32FN9O. The molecule has 0 aliphatic rings. The Morgan fingerprint density at radius 2 is 1.80 bits per heavy atom. The standard InChI is InChI=1S/C30H32FN9O/c31-21-7-5-14-34-26(21)19-36-30(41)27-20-35-28(39-27)12-17-40(16-6-15-33-23-9-2-1-8-22(23)32)18-13-29-37-24-10-3-4-11-25(24)38-29/h1-5,7-11,14-15,20H,6,12-13,16-19,32H2,(H,35,39)(H,36,41)(H,37,38)/b33-15+. The number of imidazole rings is 2. The topological polar surface area (TPSA) is 141 Å². The number of amides is 1. The van der Waals surface area contributed by atoms with E-state index < -0.39 is 11.7 Å². The van der Waals surface area contributed by atoms with Crippen LogP contribution in [-0.2, 0) is 19.4 Å². The van der Waals surface area contributed by atoms with Crippen molar-refractivity contribution in [2.75, 3.05) is 25.4 Å². The molecule has 0 fully saturated rings. The van der Waals surface area contributed by atoms with Crippen LogP contribution in [0.4, 0.5) is 15.8 Å². The number of anilines is 1. The molecule has 0 saturated carbocycles. The molecule has 5 aromatic rings. The lowest BCUT2D eigenvalue weighted by molar-refractivity contribution is 0.0945. The Labute approximate surface area is 237 Å². The molecule has 0 saturated heterocycles. The summed E-state index contributed by atoms with van der Waals surface area (Å²) in [6, 6.07) is 18.3. The van der Waals surface area contributed by atoms with Gasteiger partial charge in [0.25, 0.3) is 5.91 Å². The van der Waals surface area contributed by atoms with Crippen molar-refractivity contribution >= 4 is 34.5 Å². The summed E-state index contributed by atoms with van der Waals surface area (Å²) in [4.78, 5) is 39.0. The molecule has 41 heavy (non-hydrogen) atoms. The average Bonchev–Trinajstić information content (AvgIpc) is 3.64. The molecule has 0 spiro atoms. The number of carbonyl (C=O) groups excluding carboxylic acids is 1. The number of nitrogen functional groups attached to an aromatic ring is 1. The van der Waals surface area contributed by atoms with Crippen molar-refractivity contribution in [3.05, 3.63) is 102 Å². The second kappa shape index (κ2) is 13.4. The quantitative estimate of drug-likeness (QED) is 0.127. The monoisotopic (exact) mass is 553 g/mol. The van der Waals surface area contributed by atoms with Gasteiger partial charge in [-0.15, -0.1) is 0 Å². The van der Waals surface area contributed by atoms with E-state index in [4.69, 9.17) is 10.7 Å². The van der Waals surface area contributed by atoms with Crippen molar-refractivity contribution in [2.24, 2.45) is 4.99 Å². The van der Waals surface area contributed by atoms with E-state index in [0.717, 1.165) is 55.0 Å². The molecule has 0 radical (unpaired) electrons. The fourth-order valence-corrected chi connectivity index (χ4v) is 4.40. The minimum atomic E-state index is -0.462. The maximum absolute atomic E-state index is 13.8. The first-order valence-corrected chi connectivity index (χ1v) is 13.5. The summed E-state index contributed by atoms with van der Waals surface area (Å²) in [6.07, 6.45) is 7.05. The number of pyridine rings is 1. The molecule has 0 aliphatic heterocycles. The fraction of sp³-hybridized carbons (Fsp3) is 0.233. The Kier molecular flexibility index (Phi) is 9.07. The van der Waals surface area contributed by atoms with Crippen molar-refractivity contribution in [3.63, 3.8) is 0 Å². The Hall–Kier alpha value is -4.90. The Morgan fingerprint density at radius 1 is 1.00 bits per heavy atom. The van der Waals surface area contributed by atoms with E-state index in [-0.39, 0.29) is 17.9 Å². The van der Waals surface area contributed by atoms with Crippen LogP contribution in [0.15, 0.2) is 78.0 Å². The average molecular weight is 554 g/mol. The normalized spacial score (nSPS) is 11.6. The molecule has 0 unspecified atom stereocenters. The number of rotatable bonds is 13. The second-order valence-electron chi connectivity index (χ2n) is 9.55. The van der Waals surface area contributed by atoms with Crippen LogP contribution >= 0.6 is 0 Å². The number of H-pyrrole nitrogens is 2. The Morgan fingerprint density at radius 3 is 2.63 bits per heavy atom. The van der Waals surface area contributed by atoms with Gasteiger partial charge in [-0.25, -0.2) is 14.4 Å². The summed E-state index contributed by atoms with van der Waals surface area (Å²) in [5, 5.41) is 2.67. The van der Waals surface area contributed by atoms with Crippen LogP contribution in [0, 0.1) is 5.82 Å². The summed E-state index contributed by atoms with van der Waals surface area (Å²) in [7, 11) is 0. The van der Waals surface area contributed by atoms with Crippen LogP contribution in [0.2, 0.25) is 0 Å². The van der Waals surface area contributed by atoms with Gasteiger partial charge in [0.1, 0.15) is 23.2 Å². The van der Waals surface area contributed by atoms with Gasteiger partial charge in [-0.1, -0.05) is 24.3 Å². The molecule has 2 aromatic carbocycles. The molecule has 0 atom stereocenters. The molecule has 0 bridgehead atoms. The second-order valence-corrected chi connectivity index (χ2v) is 9.55. The van der Waals surface area contributed by atoms with Crippen LogP contribution in [0.3, 0.4) is 0 Å². The Balaban J connectivity index is 1.18. The fourth-order valence-electron chi connectivity index (χ4n) is 4.40. The molecular weight excluding hydrogens is 521 g/mol. The molecule has 1 amide bonds. The highest BCUT2D eigenvalue weighted by molar-refractivity contribution is 5.92. The zero-order valence-corrected chi connectivity index (χ0v) is 22.6. The maximum atomic E-state index is 13.8. The van der Waals surface area contributed by atoms with E-state index in [9.17, 15) is 9.18 Å². The molecule has 5 N–H and O–H groups in total. The summed E-state index contributed by atoms with van der Waals surface area (Å²) in [5.41, 5.74) is 9.81. The summed E-state index contributed by atoms with van der Waals surface area (Å²) < 4.78 is 13.8. The molecule has 210 valence electrons. The molecule has 10 nitrogen and oxygen atoms in total. The number of halogens is 1. The van der Waals surface area contributed by atoms with Gasteiger partial charge in [0.2, 0.25) is 0 Å². The predicted molar refractivity (Wildman–Crippen MR) is 158 cm³/mol. The number of carbonyl (C=O) groups is 1. The van der Waals surface area contributed by atoms with Crippen LogP contribution in [0.5, 0.6) is 0 Å². The third kappa shape index (κ3) is 7.61. The van der Waals surface area contributed by atoms with Crippen LogP contribution < -0.4 is 11.1 Å². The summed E-state index contributed by atoms with van der Waals surface area (Å²) in [6.45, 7) is 2.26. The Bertz CT molecular complexity index is 1590. The summed E-state index contributed by atoms with van der Waals surface area (Å²) >= 11 is 0. The van der Waals surface area contributed by atoms with Crippen molar-refractivity contribution in [3.8, 4) is 0 Å². The smallest absolute Gasteiger partial charge is 0.271 e. The van der Waals surface area contributed by atoms with Crippen molar-refractivity contribution in [1.82, 2.24) is 35.1 Å². The lowest BCUT2D eigenvalue weighted by atomic mass is 10.2. The highest BCUT2D eigenvalue weighted by atomic mass is 19.1. The number of fused-ring (bicyclic) bond motifs is 1. The highest BCUT2D eigenvalue weighted by Crippen LogP contribution is 2.20. The van der Waals surface area contributed by atoms with Gasteiger partial charge in [0, 0.05) is 51.1 Å². The van der Waals surface area contributed by atoms with Crippen LogP contribution in [0.25, 0.3) is 11.0 Å². The largest absolute Gasteiger partial charge is 0.397 e. The van der Waals surface area contributed by atoms with Gasteiger partial charge in [0.15, 0.2) is 0 Å². The number of nitrogens with one attached hydrogen (secondary N) is 3. The lowest BCUT2D eigenvalue weighted by Crippen LogP contribution is -2.30. The number of nitrogens with two attached hydrogens (primary N) is 1. The number of aromatic amines is 2. The number of nitrogens with zero attached hydrogens (tertiary/aromatic N) is 5. The number of hydrogen-bond acceptors (Lipinski definition) is 7. The van der Waals surface area contributed by atoms with Crippen molar-refractivity contribution in [1.29, 1.82) is 0 Å². The first kappa shape index (κ1) is 27.7. The van der Waals surface area contributed by atoms with Crippen molar-refractivity contribution in [2.45, 2.75) is 25.8 Å². The lowest BCUT2D eigenvalue weighted by Gasteiger charge is -2.20. The molecule has 3 aromatic heterocycles. The van der Waals surface area contributed by atoms with Gasteiger partial charge >= 0.3 is 0 Å². The van der Waals surface area contributed by atoms with E-state index in [1.165, 1.54) is 18.3 Å².